The van der Waals surface area contributed by atoms with Gasteiger partial charge in [-0.05, 0) is 30.3 Å². The maximum absolute atomic E-state index is 12.7. The van der Waals surface area contributed by atoms with Crippen molar-refractivity contribution in [1.29, 1.82) is 0 Å². The summed E-state index contributed by atoms with van der Waals surface area (Å²) >= 11 is 0. The molecule has 144 valence electrons. The first-order valence-corrected chi connectivity index (χ1v) is 6.87. The SMILES string of the molecule is O=C(OOC(F)F)c1cccc(Oc2ccc(C(F)(F)F)cc2[N+](=O)[O-])c1. The fraction of sp³-hybridized carbons (Fsp3) is 0.133. The summed E-state index contributed by atoms with van der Waals surface area (Å²) in [6.45, 7) is -3.36. The van der Waals surface area contributed by atoms with Crippen LogP contribution in [0.4, 0.5) is 27.6 Å². The summed E-state index contributed by atoms with van der Waals surface area (Å²) in [7, 11) is 0. The van der Waals surface area contributed by atoms with Crippen molar-refractivity contribution in [1.82, 2.24) is 0 Å². The van der Waals surface area contributed by atoms with Crippen molar-refractivity contribution < 1.29 is 46.2 Å². The molecule has 0 N–H and O–H groups in total. The molecule has 0 amide bonds. The van der Waals surface area contributed by atoms with Crippen molar-refractivity contribution in [3.63, 3.8) is 0 Å². The lowest BCUT2D eigenvalue weighted by Gasteiger charge is -2.10. The van der Waals surface area contributed by atoms with Crippen molar-refractivity contribution in [3.05, 3.63) is 63.7 Å². The Hall–Kier alpha value is -3.28. The molecule has 0 aliphatic heterocycles. The number of halogens is 5. The van der Waals surface area contributed by atoms with Gasteiger partial charge in [0.2, 0.25) is 5.75 Å². The van der Waals surface area contributed by atoms with Gasteiger partial charge >= 0.3 is 24.4 Å². The predicted molar refractivity (Wildman–Crippen MR) is 77.1 cm³/mol. The van der Waals surface area contributed by atoms with Gasteiger partial charge in [0.1, 0.15) is 5.75 Å². The quantitative estimate of drug-likeness (QED) is 0.306. The molecule has 27 heavy (non-hydrogen) atoms. The van der Waals surface area contributed by atoms with Crippen LogP contribution in [0.2, 0.25) is 0 Å². The van der Waals surface area contributed by atoms with Gasteiger partial charge in [0.05, 0.1) is 16.1 Å². The highest BCUT2D eigenvalue weighted by Crippen LogP contribution is 2.37. The number of hydrogen-bond donors (Lipinski definition) is 0. The number of rotatable bonds is 6. The minimum absolute atomic E-state index is 0.190. The van der Waals surface area contributed by atoms with Crippen molar-refractivity contribution in [3.8, 4) is 11.5 Å². The lowest BCUT2D eigenvalue weighted by molar-refractivity contribution is -0.385. The van der Waals surface area contributed by atoms with E-state index >= 15 is 0 Å². The molecule has 0 atom stereocenters. The highest BCUT2D eigenvalue weighted by molar-refractivity contribution is 5.89. The van der Waals surface area contributed by atoms with Gasteiger partial charge in [-0.25, -0.2) is 4.79 Å². The molecule has 0 aromatic heterocycles. The van der Waals surface area contributed by atoms with Gasteiger partial charge in [0.25, 0.3) is 0 Å². The van der Waals surface area contributed by atoms with E-state index in [2.05, 4.69) is 9.78 Å². The highest BCUT2D eigenvalue weighted by atomic mass is 19.4. The van der Waals surface area contributed by atoms with Crippen LogP contribution in [0.25, 0.3) is 0 Å². The maximum Gasteiger partial charge on any atom is 0.416 e. The minimum atomic E-state index is -4.79. The van der Waals surface area contributed by atoms with E-state index in [9.17, 15) is 36.9 Å². The summed E-state index contributed by atoms with van der Waals surface area (Å²) in [4.78, 5) is 28.7. The molecule has 0 aliphatic carbocycles. The molecule has 7 nitrogen and oxygen atoms in total. The van der Waals surface area contributed by atoms with Crippen LogP contribution in [0.15, 0.2) is 42.5 Å². The smallest absolute Gasteiger partial charge is 0.416 e. The van der Waals surface area contributed by atoms with Crippen LogP contribution in [0, 0.1) is 10.1 Å². The van der Waals surface area contributed by atoms with Crippen LogP contribution in [-0.4, -0.2) is 17.5 Å². The summed E-state index contributed by atoms with van der Waals surface area (Å²) in [5.74, 6) is -2.02. The van der Waals surface area contributed by atoms with Crippen LogP contribution in [0.3, 0.4) is 0 Å². The van der Waals surface area contributed by atoms with Crippen LogP contribution in [0.5, 0.6) is 11.5 Å². The Morgan fingerprint density at radius 1 is 1.11 bits per heavy atom. The van der Waals surface area contributed by atoms with Crippen molar-refractivity contribution >= 4 is 11.7 Å². The molecule has 2 aromatic carbocycles. The number of nitro benzene ring substituents is 1. The van der Waals surface area contributed by atoms with E-state index in [4.69, 9.17) is 4.74 Å². The number of carbonyl (C=O) groups excluding carboxylic acids is 1. The third kappa shape index (κ3) is 5.34. The number of nitrogens with zero attached hydrogens (tertiary/aromatic N) is 1. The van der Waals surface area contributed by atoms with E-state index in [1.54, 1.807) is 0 Å². The number of benzene rings is 2. The molecule has 2 rings (SSSR count). The maximum atomic E-state index is 12.7. The molecule has 0 saturated carbocycles. The normalized spacial score (nSPS) is 11.3. The molecular weight excluding hydrogens is 385 g/mol. The van der Waals surface area contributed by atoms with E-state index in [0.29, 0.717) is 12.1 Å². The standard InChI is InChI=1S/C15H8F5NO6/c16-14(17)27-26-13(22)8-2-1-3-10(6-8)25-12-5-4-9(15(18,19)20)7-11(12)21(23)24/h1-7,14H. The third-order valence-electron chi connectivity index (χ3n) is 2.98. The first kappa shape index (κ1) is 20.0. The second-order valence-corrected chi connectivity index (χ2v) is 4.79. The number of carbonyl (C=O) groups is 1. The average Bonchev–Trinajstić information content (AvgIpc) is 2.59. The highest BCUT2D eigenvalue weighted by Gasteiger charge is 2.33. The van der Waals surface area contributed by atoms with Gasteiger partial charge in [-0.2, -0.15) is 22.0 Å². The molecule has 0 fully saturated rings. The first-order valence-electron chi connectivity index (χ1n) is 6.87. The lowest BCUT2D eigenvalue weighted by atomic mass is 10.1. The Labute approximate surface area is 146 Å². The molecule has 2 aromatic rings. The van der Waals surface area contributed by atoms with Crippen LogP contribution in [0.1, 0.15) is 15.9 Å². The van der Waals surface area contributed by atoms with Gasteiger partial charge in [0, 0.05) is 6.07 Å². The first-order chi connectivity index (χ1) is 12.6. The summed E-state index contributed by atoms with van der Waals surface area (Å²) in [6, 6.07) is 6.19. The number of alkyl halides is 5. The fourth-order valence-corrected chi connectivity index (χ4v) is 1.86. The predicted octanol–water partition coefficient (Wildman–Crippen LogP) is 4.72. The molecule has 0 radical (unpaired) electrons. The Morgan fingerprint density at radius 2 is 1.81 bits per heavy atom. The van der Waals surface area contributed by atoms with Crippen molar-refractivity contribution in [2.24, 2.45) is 0 Å². The number of nitro groups is 1. The lowest BCUT2D eigenvalue weighted by Crippen LogP contribution is -2.09. The van der Waals surface area contributed by atoms with E-state index in [1.165, 1.54) is 12.1 Å². The zero-order valence-electron chi connectivity index (χ0n) is 12.9. The molecule has 0 aliphatic rings. The van der Waals surface area contributed by atoms with Gasteiger partial charge in [-0.3, -0.25) is 15.0 Å². The Bertz CT molecular complexity index is 855. The second kappa shape index (κ2) is 7.95. The summed E-state index contributed by atoms with van der Waals surface area (Å²) in [5.41, 5.74) is -2.51. The minimum Gasteiger partial charge on any atom is -0.450 e. The Balaban J connectivity index is 2.28. The molecular formula is C15H8F5NO6. The van der Waals surface area contributed by atoms with Crippen LogP contribution < -0.4 is 4.74 Å². The largest absolute Gasteiger partial charge is 0.450 e. The molecule has 12 heteroatoms. The molecule has 0 saturated heterocycles. The van der Waals surface area contributed by atoms with Crippen LogP contribution >= 0.6 is 0 Å². The zero-order chi connectivity index (χ0) is 20.2. The molecule has 0 spiro atoms. The van der Waals surface area contributed by atoms with E-state index in [-0.39, 0.29) is 11.3 Å². The average molecular weight is 393 g/mol. The summed E-state index contributed by atoms with van der Waals surface area (Å²) in [6.07, 6.45) is -4.79. The van der Waals surface area contributed by atoms with Crippen molar-refractivity contribution in [2.75, 3.05) is 0 Å². The van der Waals surface area contributed by atoms with Gasteiger partial charge in [-0.1, -0.05) is 6.07 Å². The molecule has 0 heterocycles. The summed E-state index contributed by atoms with van der Waals surface area (Å²) in [5, 5.41) is 11.0. The van der Waals surface area contributed by atoms with Gasteiger partial charge in [-0.15, -0.1) is 4.89 Å². The Morgan fingerprint density at radius 3 is 2.41 bits per heavy atom. The van der Waals surface area contributed by atoms with E-state index in [0.717, 1.165) is 18.2 Å². The zero-order valence-corrected chi connectivity index (χ0v) is 12.9. The second-order valence-electron chi connectivity index (χ2n) is 4.79. The topological polar surface area (TPSA) is 87.9 Å². The van der Waals surface area contributed by atoms with Gasteiger partial charge in [0.15, 0.2) is 0 Å². The van der Waals surface area contributed by atoms with E-state index in [1.807, 2.05) is 0 Å². The number of ether oxygens (including phenoxy) is 1. The monoisotopic (exact) mass is 393 g/mol. The Kier molecular flexibility index (Phi) is 5.90. The molecule has 0 unspecified atom stereocenters. The van der Waals surface area contributed by atoms with E-state index < -0.39 is 40.7 Å². The number of hydrogen-bond acceptors (Lipinski definition) is 6. The van der Waals surface area contributed by atoms with Crippen LogP contribution in [-0.2, 0) is 16.0 Å². The van der Waals surface area contributed by atoms with Crippen molar-refractivity contribution in [2.45, 2.75) is 12.8 Å². The third-order valence-corrected chi connectivity index (χ3v) is 2.98. The van der Waals surface area contributed by atoms with Gasteiger partial charge < -0.3 is 4.74 Å². The fourth-order valence-electron chi connectivity index (χ4n) is 1.86. The summed E-state index contributed by atoms with van der Waals surface area (Å²) < 4.78 is 66.9. The molecule has 0 bridgehead atoms.